The summed E-state index contributed by atoms with van der Waals surface area (Å²) in [6.45, 7) is 0. The monoisotopic (exact) mass is 301 g/mol. The van der Waals surface area contributed by atoms with Crippen molar-refractivity contribution in [2.75, 3.05) is 0 Å². The molecule has 0 saturated heterocycles. The summed E-state index contributed by atoms with van der Waals surface area (Å²) in [5, 5.41) is 3.50. The van der Waals surface area contributed by atoms with Crippen molar-refractivity contribution in [2.45, 2.75) is 76.0 Å². The van der Waals surface area contributed by atoms with Crippen molar-refractivity contribution in [1.82, 2.24) is 5.32 Å². The van der Waals surface area contributed by atoms with Crippen LogP contribution < -0.4 is 5.32 Å². The Bertz CT molecular complexity index is 394. The lowest BCUT2D eigenvalue weighted by Gasteiger charge is -2.39. The van der Waals surface area contributed by atoms with E-state index in [2.05, 4.69) is 5.32 Å². The maximum absolute atomic E-state index is 13.2. The highest BCUT2D eigenvalue weighted by molar-refractivity contribution is 5.06. The average molecular weight is 301 g/mol. The average Bonchev–Trinajstić information content (AvgIpc) is 3.09. The van der Waals surface area contributed by atoms with Crippen LogP contribution in [0.3, 0.4) is 0 Å². The number of fused-ring (bicyclic) bond motifs is 5. The molecule has 0 aromatic heterocycles. The Morgan fingerprint density at radius 2 is 1.48 bits per heavy atom. The van der Waals surface area contributed by atoms with Gasteiger partial charge in [-0.05, 0) is 62.2 Å². The Labute approximate surface area is 125 Å². The fourth-order valence-corrected chi connectivity index (χ4v) is 6.26. The second kappa shape index (κ2) is 5.14. The van der Waals surface area contributed by atoms with Gasteiger partial charge >= 0.3 is 6.18 Å². The van der Waals surface area contributed by atoms with Gasteiger partial charge < -0.3 is 5.32 Å². The van der Waals surface area contributed by atoms with Crippen molar-refractivity contribution >= 4 is 0 Å². The summed E-state index contributed by atoms with van der Waals surface area (Å²) >= 11 is 0. The minimum Gasteiger partial charge on any atom is -0.310 e. The van der Waals surface area contributed by atoms with Crippen molar-refractivity contribution in [1.29, 1.82) is 0 Å². The van der Waals surface area contributed by atoms with Crippen molar-refractivity contribution in [3.05, 3.63) is 0 Å². The Balaban J connectivity index is 1.44. The third-order valence-electron chi connectivity index (χ3n) is 7.04. The zero-order chi connectivity index (χ0) is 14.6. The molecular weight excluding hydrogens is 275 g/mol. The van der Waals surface area contributed by atoms with Crippen molar-refractivity contribution < 1.29 is 13.2 Å². The molecule has 4 rings (SSSR count). The number of hydrogen-bond acceptors (Lipinski definition) is 1. The van der Waals surface area contributed by atoms with Crippen molar-refractivity contribution in [3.8, 4) is 0 Å². The van der Waals surface area contributed by atoms with E-state index >= 15 is 0 Å². The van der Waals surface area contributed by atoms with E-state index in [1.807, 2.05) is 0 Å². The van der Waals surface area contributed by atoms with E-state index in [0.717, 1.165) is 37.0 Å². The first-order valence-electron chi connectivity index (χ1n) is 8.87. The summed E-state index contributed by atoms with van der Waals surface area (Å²) in [4.78, 5) is 0. The number of hydrogen-bond donors (Lipinski definition) is 1. The maximum atomic E-state index is 13.2. The molecule has 4 saturated carbocycles. The number of alkyl halides is 3. The Morgan fingerprint density at radius 1 is 0.714 bits per heavy atom. The summed E-state index contributed by atoms with van der Waals surface area (Å²) in [5.41, 5.74) is 0. The Kier molecular flexibility index (Phi) is 3.51. The van der Waals surface area contributed by atoms with Gasteiger partial charge in [0.25, 0.3) is 0 Å². The van der Waals surface area contributed by atoms with Gasteiger partial charge in [0.2, 0.25) is 0 Å². The molecule has 21 heavy (non-hydrogen) atoms. The zero-order valence-corrected chi connectivity index (χ0v) is 12.5. The van der Waals surface area contributed by atoms with Gasteiger partial charge in [0, 0.05) is 12.1 Å². The first-order chi connectivity index (χ1) is 10.0. The summed E-state index contributed by atoms with van der Waals surface area (Å²) in [6, 6.07) is 0.0604. The molecule has 0 aromatic rings. The third-order valence-corrected chi connectivity index (χ3v) is 7.04. The van der Waals surface area contributed by atoms with Crippen LogP contribution in [0.1, 0.15) is 57.8 Å². The molecular formula is C17H26F3N. The maximum Gasteiger partial charge on any atom is 0.393 e. The molecule has 7 atom stereocenters. The van der Waals surface area contributed by atoms with Crippen LogP contribution in [0.4, 0.5) is 13.2 Å². The molecule has 0 radical (unpaired) electrons. The predicted molar refractivity (Wildman–Crippen MR) is 75.8 cm³/mol. The van der Waals surface area contributed by atoms with Crippen molar-refractivity contribution in [3.63, 3.8) is 0 Å². The second-order valence-electron chi connectivity index (χ2n) is 7.97. The first kappa shape index (κ1) is 14.3. The minimum absolute atomic E-state index is 0.317. The highest BCUT2D eigenvalue weighted by atomic mass is 19.4. The van der Waals surface area contributed by atoms with Crippen LogP contribution >= 0.6 is 0 Å². The molecule has 0 aromatic carbocycles. The lowest BCUT2D eigenvalue weighted by molar-refractivity contribution is -0.189. The van der Waals surface area contributed by atoms with E-state index in [1.165, 1.54) is 25.7 Å². The van der Waals surface area contributed by atoms with Gasteiger partial charge in [0.05, 0.1) is 5.92 Å². The molecule has 4 fully saturated rings. The molecule has 120 valence electrons. The second-order valence-corrected chi connectivity index (χ2v) is 7.97. The molecule has 0 aliphatic heterocycles. The van der Waals surface area contributed by atoms with E-state index < -0.39 is 12.1 Å². The van der Waals surface area contributed by atoms with Gasteiger partial charge in [-0.3, -0.25) is 0 Å². The zero-order valence-electron chi connectivity index (χ0n) is 12.5. The Morgan fingerprint density at radius 3 is 2.29 bits per heavy atom. The summed E-state index contributed by atoms with van der Waals surface area (Å²) in [5.74, 6) is 2.13. The van der Waals surface area contributed by atoms with Gasteiger partial charge in [0.1, 0.15) is 0 Å². The topological polar surface area (TPSA) is 12.0 Å². The van der Waals surface area contributed by atoms with E-state index in [4.69, 9.17) is 0 Å². The molecule has 0 heterocycles. The normalized spacial score (nSPS) is 49.6. The highest BCUT2D eigenvalue weighted by Gasteiger charge is 2.55. The van der Waals surface area contributed by atoms with E-state index in [1.54, 1.807) is 0 Å². The molecule has 0 spiro atoms. The highest BCUT2D eigenvalue weighted by Crippen LogP contribution is 2.59. The van der Waals surface area contributed by atoms with Crippen LogP contribution in [0.5, 0.6) is 0 Å². The SMILES string of the molecule is FC(F)(F)C1CCCCC1NC1CC2CC1C1CCCC21. The third kappa shape index (κ3) is 2.42. The number of halogens is 3. The number of rotatable bonds is 2. The quantitative estimate of drug-likeness (QED) is 0.790. The molecule has 1 N–H and O–H groups in total. The minimum atomic E-state index is -4.02. The van der Waals surface area contributed by atoms with Gasteiger partial charge in [-0.15, -0.1) is 0 Å². The molecule has 0 amide bonds. The van der Waals surface area contributed by atoms with Crippen LogP contribution in [0, 0.1) is 29.6 Å². The van der Waals surface area contributed by atoms with Gasteiger partial charge in [-0.2, -0.15) is 13.2 Å². The lowest BCUT2D eigenvalue weighted by atomic mass is 9.77. The van der Waals surface area contributed by atoms with Crippen LogP contribution in [-0.4, -0.2) is 18.3 Å². The first-order valence-corrected chi connectivity index (χ1v) is 8.87. The van der Waals surface area contributed by atoms with Gasteiger partial charge in [-0.1, -0.05) is 19.3 Å². The summed E-state index contributed by atoms with van der Waals surface area (Å²) in [7, 11) is 0. The van der Waals surface area contributed by atoms with Crippen LogP contribution in [0.25, 0.3) is 0 Å². The van der Waals surface area contributed by atoms with Crippen LogP contribution in [-0.2, 0) is 0 Å². The lowest BCUT2D eigenvalue weighted by Crippen LogP contribution is -2.51. The summed E-state index contributed by atoms with van der Waals surface area (Å²) in [6.07, 6.45) is 5.21. The van der Waals surface area contributed by atoms with E-state index in [9.17, 15) is 13.2 Å². The fourth-order valence-electron chi connectivity index (χ4n) is 6.26. The number of nitrogens with one attached hydrogen (secondary N) is 1. The van der Waals surface area contributed by atoms with E-state index in [0.29, 0.717) is 24.8 Å². The van der Waals surface area contributed by atoms with Crippen molar-refractivity contribution in [2.24, 2.45) is 29.6 Å². The van der Waals surface area contributed by atoms with Crippen LogP contribution in [0.2, 0.25) is 0 Å². The van der Waals surface area contributed by atoms with Gasteiger partial charge in [0.15, 0.2) is 0 Å². The molecule has 7 unspecified atom stereocenters. The predicted octanol–water partition coefficient (Wildman–Crippen LogP) is 4.52. The molecule has 4 heteroatoms. The standard InChI is InChI=1S/C17H26F3N/c18-17(19,20)14-6-1-2-7-15(14)21-16-9-10-8-13(16)12-5-3-4-11(10)12/h10-16,21H,1-9H2. The molecule has 4 aliphatic rings. The van der Waals surface area contributed by atoms with Crippen LogP contribution in [0.15, 0.2) is 0 Å². The summed E-state index contributed by atoms with van der Waals surface area (Å²) < 4.78 is 39.7. The van der Waals surface area contributed by atoms with Gasteiger partial charge in [-0.25, -0.2) is 0 Å². The molecule has 1 nitrogen and oxygen atoms in total. The Hall–Kier alpha value is -0.250. The smallest absolute Gasteiger partial charge is 0.310 e. The fraction of sp³-hybridized carbons (Fsp3) is 1.00. The molecule has 4 aliphatic carbocycles. The molecule has 2 bridgehead atoms. The van der Waals surface area contributed by atoms with E-state index in [-0.39, 0.29) is 6.04 Å². The largest absolute Gasteiger partial charge is 0.393 e.